The molecule has 2 rings (SSSR count). The number of hydrogen-bond donors (Lipinski definition) is 2. The zero-order valence-corrected chi connectivity index (χ0v) is 17.4. The van der Waals surface area contributed by atoms with Crippen molar-refractivity contribution >= 4 is 55.1 Å². The third-order valence-corrected chi connectivity index (χ3v) is 6.92. The first-order valence-electron chi connectivity index (χ1n) is 7.86. The molecule has 10 heteroatoms. The van der Waals surface area contributed by atoms with Crippen LogP contribution in [0.2, 0.25) is 10.0 Å². The number of benzene rings is 1. The number of nitrogens with one attached hydrogen (secondary N) is 1. The molecule has 1 unspecified atom stereocenters. The zero-order valence-electron chi connectivity index (χ0n) is 13.5. The maximum absolute atomic E-state index is 12.4. The third-order valence-electron chi connectivity index (χ3n) is 4.08. The van der Waals surface area contributed by atoms with E-state index >= 15 is 0 Å². The number of hydrogen-bond acceptors (Lipinski definition) is 4. The van der Waals surface area contributed by atoms with E-state index in [2.05, 4.69) is 25.6 Å². The molecule has 0 saturated carbocycles. The number of carbonyl (C=O) groups excluding carboxylic acids is 1. The summed E-state index contributed by atoms with van der Waals surface area (Å²) in [6.45, 7) is 2.46. The summed E-state index contributed by atoms with van der Waals surface area (Å²) in [5.74, 6) is -0.393. The smallest absolute Gasteiger partial charge is 0.243 e. The first-order valence-corrected chi connectivity index (χ1v) is 10.9. The van der Waals surface area contributed by atoms with Gasteiger partial charge < -0.3 is 10.6 Å². The van der Waals surface area contributed by atoms with Crippen LogP contribution in [-0.2, 0) is 14.8 Å². The Hall–Kier alpha value is -0.380. The predicted octanol–water partition coefficient (Wildman–Crippen LogP) is 2.62. The van der Waals surface area contributed by atoms with Crippen molar-refractivity contribution in [3.8, 4) is 0 Å². The molecule has 0 spiro atoms. The molecule has 140 valence electrons. The standard InChI is InChI=1S/C15H20BrCl2N3O3S/c16-11-7-12(17)14(13(18)8-11)25(23,24)20-4-2-6-21-5-1-3-10(9-21)15(19)22/h7-8,10,20H,1-6,9H2,(H2,19,22). The van der Waals surface area contributed by atoms with Gasteiger partial charge in [-0.15, -0.1) is 0 Å². The van der Waals surface area contributed by atoms with Crippen molar-refractivity contribution in [2.75, 3.05) is 26.2 Å². The van der Waals surface area contributed by atoms with Crippen molar-refractivity contribution in [2.45, 2.75) is 24.2 Å². The lowest BCUT2D eigenvalue weighted by Gasteiger charge is -2.31. The molecular weight excluding hydrogens is 453 g/mol. The van der Waals surface area contributed by atoms with Crippen LogP contribution in [0.5, 0.6) is 0 Å². The van der Waals surface area contributed by atoms with E-state index in [1.165, 1.54) is 12.1 Å². The van der Waals surface area contributed by atoms with E-state index in [4.69, 9.17) is 28.9 Å². The zero-order chi connectivity index (χ0) is 18.6. The molecule has 1 aromatic carbocycles. The van der Waals surface area contributed by atoms with Crippen molar-refractivity contribution in [1.82, 2.24) is 9.62 Å². The molecule has 1 saturated heterocycles. The van der Waals surface area contributed by atoms with E-state index in [1.807, 2.05) is 0 Å². The Morgan fingerprint density at radius 1 is 1.36 bits per heavy atom. The minimum Gasteiger partial charge on any atom is -0.369 e. The van der Waals surface area contributed by atoms with Gasteiger partial charge in [-0.2, -0.15) is 0 Å². The first kappa shape index (κ1) is 20.9. The Bertz CT molecular complexity index is 723. The minimum absolute atomic E-state index is 0.0622. The lowest BCUT2D eigenvalue weighted by Crippen LogP contribution is -2.42. The lowest BCUT2D eigenvalue weighted by atomic mass is 9.97. The monoisotopic (exact) mass is 471 g/mol. The average molecular weight is 473 g/mol. The summed E-state index contributed by atoms with van der Waals surface area (Å²) in [5.41, 5.74) is 5.36. The molecule has 1 amide bonds. The third kappa shape index (κ3) is 5.80. The molecule has 1 fully saturated rings. The SMILES string of the molecule is NC(=O)C1CCCN(CCCNS(=O)(=O)c2c(Cl)cc(Br)cc2Cl)C1. The van der Waals surface area contributed by atoms with Gasteiger partial charge in [-0.3, -0.25) is 4.79 Å². The maximum atomic E-state index is 12.4. The number of halogens is 3. The molecule has 1 aliphatic rings. The van der Waals surface area contributed by atoms with E-state index < -0.39 is 10.0 Å². The summed E-state index contributed by atoms with van der Waals surface area (Å²) >= 11 is 15.2. The number of piperidine rings is 1. The van der Waals surface area contributed by atoms with Gasteiger partial charge in [-0.25, -0.2) is 13.1 Å². The summed E-state index contributed by atoms with van der Waals surface area (Å²) in [4.78, 5) is 13.3. The molecule has 25 heavy (non-hydrogen) atoms. The summed E-state index contributed by atoms with van der Waals surface area (Å²) in [6.07, 6.45) is 2.35. The van der Waals surface area contributed by atoms with Crippen LogP contribution in [0, 0.1) is 5.92 Å². The fourth-order valence-corrected chi connectivity index (χ4v) is 5.86. The predicted molar refractivity (Wildman–Crippen MR) is 102 cm³/mol. The van der Waals surface area contributed by atoms with Gasteiger partial charge >= 0.3 is 0 Å². The number of sulfonamides is 1. The van der Waals surface area contributed by atoms with Crippen LogP contribution in [0.1, 0.15) is 19.3 Å². The molecule has 1 aromatic rings. The quantitative estimate of drug-likeness (QED) is 0.596. The van der Waals surface area contributed by atoms with Gasteiger partial charge in [0.25, 0.3) is 0 Å². The van der Waals surface area contributed by atoms with E-state index in [1.54, 1.807) is 0 Å². The lowest BCUT2D eigenvalue weighted by molar-refractivity contribution is -0.123. The summed E-state index contributed by atoms with van der Waals surface area (Å²) in [5, 5.41) is 0.124. The van der Waals surface area contributed by atoms with Crippen molar-refractivity contribution in [3.05, 3.63) is 26.7 Å². The molecule has 0 aliphatic carbocycles. The van der Waals surface area contributed by atoms with Crippen LogP contribution in [0.4, 0.5) is 0 Å². The number of likely N-dealkylation sites (tertiary alicyclic amines) is 1. The number of carbonyl (C=O) groups is 1. The Morgan fingerprint density at radius 3 is 2.60 bits per heavy atom. The topological polar surface area (TPSA) is 92.5 Å². The van der Waals surface area contributed by atoms with Crippen LogP contribution in [0.15, 0.2) is 21.5 Å². The van der Waals surface area contributed by atoms with Crippen LogP contribution >= 0.6 is 39.1 Å². The average Bonchev–Trinajstić information content (AvgIpc) is 2.50. The molecule has 0 aromatic heterocycles. The Labute approximate surface area is 166 Å². The summed E-state index contributed by atoms with van der Waals surface area (Å²) in [6, 6.07) is 2.97. The molecule has 1 aliphatic heterocycles. The largest absolute Gasteiger partial charge is 0.369 e. The van der Waals surface area contributed by atoms with Gasteiger partial charge in [0.15, 0.2) is 0 Å². The highest BCUT2D eigenvalue weighted by Gasteiger charge is 2.24. The van der Waals surface area contributed by atoms with Crippen LogP contribution < -0.4 is 10.5 Å². The van der Waals surface area contributed by atoms with Crippen molar-refractivity contribution < 1.29 is 13.2 Å². The van der Waals surface area contributed by atoms with Gasteiger partial charge in [-0.05, 0) is 44.5 Å². The maximum Gasteiger partial charge on any atom is 0.243 e. The highest BCUT2D eigenvalue weighted by molar-refractivity contribution is 9.10. The number of primary amides is 1. The Morgan fingerprint density at radius 2 is 2.00 bits per heavy atom. The summed E-state index contributed by atoms with van der Waals surface area (Å²) < 4.78 is 27.9. The number of nitrogens with zero attached hydrogens (tertiary/aromatic N) is 1. The van der Waals surface area contributed by atoms with E-state index in [-0.39, 0.29) is 33.3 Å². The van der Waals surface area contributed by atoms with E-state index in [0.717, 1.165) is 19.4 Å². The van der Waals surface area contributed by atoms with Gasteiger partial charge in [0.2, 0.25) is 15.9 Å². The molecule has 1 atom stereocenters. The molecular formula is C15H20BrCl2N3O3S. The highest BCUT2D eigenvalue weighted by atomic mass is 79.9. The molecule has 6 nitrogen and oxygen atoms in total. The van der Waals surface area contributed by atoms with Crippen molar-refractivity contribution in [2.24, 2.45) is 11.7 Å². The second-order valence-corrected chi connectivity index (χ2v) is 9.43. The molecule has 3 N–H and O–H groups in total. The molecule has 0 bridgehead atoms. The highest BCUT2D eigenvalue weighted by Crippen LogP contribution is 2.32. The van der Waals surface area contributed by atoms with E-state index in [9.17, 15) is 13.2 Å². The number of rotatable bonds is 7. The van der Waals surface area contributed by atoms with Gasteiger partial charge in [0, 0.05) is 17.6 Å². The molecule has 0 radical (unpaired) electrons. The fourth-order valence-electron chi connectivity index (χ4n) is 2.86. The van der Waals surface area contributed by atoms with Crippen LogP contribution in [-0.4, -0.2) is 45.4 Å². The second kappa shape index (κ2) is 9.01. The number of nitrogens with two attached hydrogens (primary N) is 1. The van der Waals surface area contributed by atoms with Gasteiger partial charge in [0.1, 0.15) is 4.90 Å². The van der Waals surface area contributed by atoms with Crippen LogP contribution in [0.3, 0.4) is 0 Å². The second-order valence-electron chi connectivity index (χ2n) is 5.99. The van der Waals surface area contributed by atoms with E-state index in [0.29, 0.717) is 24.0 Å². The Kier molecular flexibility index (Phi) is 7.54. The normalized spacial score (nSPS) is 19.1. The summed E-state index contributed by atoms with van der Waals surface area (Å²) in [7, 11) is -3.79. The van der Waals surface area contributed by atoms with Crippen LogP contribution in [0.25, 0.3) is 0 Å². The number of amides is 1. The molecule has 1 heterocycles. The van der Waals surface area contributed by atoms with Gasteiger partial charge in [0.05, 0.1) is 16.0 Å². The van der Waals surface area contributed by atoms with Gasteiger partial charge in [-0.1, -0.05) is 39.1 Å². The minimum atomic E-state index is -3.79. The first-order chi connectivity index (χ1) is 11.7. The van der Waals surface area contributed by atoms with Crippen molar-refractivity contribution in [1.29, 1.82) is 0 Å². The van der Waals surface area contributed by atoms with Crippen molar-refractivity contribution in [3.63, 3.8) is 0 Å². The fraction of sp³-hybridized carbons (Fsp3) is 0.533. The Balaban J connectivity index is 1.88.